The number of carbonyl (C=O) groups is 1. The Labute approximate surface area is 142 Å². The molecule has 5 heteroatoms. The van der Waals surface area contributed by atoms with Gasteiger partial charge in [-0.1, -0.05) is 18.2 Å². The summed E-state index contributed by atoms with van der Waals surface area (Å²) >= 11 is 0. The van der Waals surface area contributed by atoms with Crippen molar-refractivity contribution in [3.05, 3.63) is 53.2 Å². The molecule has 1 aliphatic rings. The van der Waals surface area contributed by atoms with E-state index in [1.165, 1.54) is 0 Å². The Balaban J connectivity index is 1.71. The molecule has 1 unspecified atom stereocenters. The van der Waals surface area contributed by atoms with Gasteiger partial charge in [0.15, 0.2) is 0 Å². The van der Waals surface area contributed by atoms with Crippen LogP contribution in [0.4, 0.5) is 0 Å². The lowest BCUT2D eigenvalue weighted by Gasteiger charge is -2.21. The second-order valence-electron chi connectivity index (χ2n) is 6.31. The molecule has 1 aromatic heterocycles. The molecule has 0 radical (unpaired) electrons. The monoisotopic (exact) mass is 326 g/mol. The summed E-state index contributed by atoms with van der Waals surface area (Å²) in [5.41, 5.74) is 3.07. The lowest BCUT2D eigenvalue weighted by molar-refractivity contribution is -0.145. The van der Waals surface area contributed by atoms with Gasteiger partial charge in [-0.2, -0.15) is 0 Å². The molecule has 3 rings (SSSR count). The summed E-state index contributed by atoms with van der Waals surface area (Å²) in [6.07, 6.45) is 2.48. The Morgan fingerprint density at radius 1 is 1.33 bits per heavy atom. The highest BCUT2D eigenvalue weighted by Crippen LogP contribution is 2.36. The maximum atomic E-state index is 12.2. The summed E-state index contributed by atoms with van der Waals surface area (Å²) < 4.78 is 11.2. The van der Waals surface area contributed by atoms with Crippen molar-refractivity contribution in [1.82, 2.24) is 9.88 Å². The molecule has 126 valence electrons. The van der Waals surface area contributed by atoms with Gasteiger partial charge >= 0.3 is 5.97 Å². The Morgan fingerprint density at radius 2 is 2.17 bits per heavy atom. The van der Waals surface area contributed by atoms with Crippen LogP contribution in [0.25, 0.3) is 0 Å². The van der Waals surface area contributed by atoms with Crippen LogP contribution in [0.2, 0.25) is 0 Å². The Hall–Kier alpha value is -2.40. The van der Waals surface area contributed by atoms with Crippen molar-refractivity contribution in [1.29, 1.82) is 0 Å². The Kier molecular flexibility index (Phi) is 4.81. The maximum Gasteiger partial charge on any atom is 0.313 e. The van der Waals surface area contributed by atoms with Crippen LogP contribution in [-0.2, 0) is 16.0 Å². The highest BCUT2D eigenvalue weighted by molar-refractivity contribution is 5.78. The highest BCUT2D eigenvalue weighted by Gasteiger charge is 2.22. The number of rotatable bonds is 5. The van der Waals surface area contributed by atoms with Crippen LogP contribution >= 0.6 is 0 Å². The topological polar surface area (TPSA) is 51.7 Å². The van der Waals surface area contributed by atoms with Gasteiger partial charge < -0.3 is 14.4 Å². The predicted octanol–water partition coefficient (Wildman–Crippen LogP) is 2.99. The van der Waals surface area contributed by atoms with Crippen molar-refractivity contribution < 1.29 is 14.3 Å². The number of hydrogen-bond acceptors (Lipinski definition) is 5. The highest BCUT2D eigenvalue weighted by atomic mass is 16.5. The molecule has 2 heterocycles. The summed E-state index contributed by atoms with van der Waals surface area (Å²) in [6, 6.07) is 9.78. The predicted molar refractivity (Wildman–Crippen MR) is 91.5 cm³/mol. The molecule has 0 saturated carbocycles. The van der Waals surface area contributed by atoms with E-state index >= 15 is 0 Å². The van der Waals surface area contributed by atoms with E-state index in [2.05, 4.69) is 4.98 Å². The quantitative estimate of drug-likeness (QED) is 0.675. The van der Waals surface area contributed by atoms with Crippen molar-refractivity contribution >= 4 is 5.97 Å². The lowest BCUT2D eigenvalue weighted by atomic mass is 9.95. The van der Waals surface area contributed by atoms with E-state index in [0.29, 0.717) is 12.5 Å². The number of aromatic nitrogens is 1. The number of ether oxygens (including phenoxy) is 2. The van der Waals surface area contributed by atoms with Gasteiger partial charge in [0.2, 0.25) is 5.88 Å². The molecule has 0 spiro atoms. The molecular formula is C19H22N2O3. The number of benzene rings is 1. The fourth-order valence-electron chi connectivity index (χ4n) is 2.66. The minimum atomic E-state index is -0.298. The Bertz CT molecular complexity index is 743. The van der Waals surface area contributed by atoms with E-state index in [-0.39, 0.29) is 11.9 Å². The number of hydrogen-bond donors (Lipinski definition) is 0. The summed E-state index contributed by atoms with van der Waals surface area (Å²) in [7, 11) is 3.90. The summed E-state index contributed by atoms with van der Waals surface area (Å²) in [5.74, 6) is 0.968. The molecule has 5 nitrogen and oxygen atoms in total. The first-order valence-corrected chi connectivity index (χ1v) is 8.10. The zero-order chi connectivity index (χ0) is 17.1. The summed E-state index contributed by atoms with van der Waals surface area (Å²) in [5, 5.41) is 0. The van der Waals surface area contributed by atoms with Crippen LogP contribution in [0.1, 0.15) is 29.5 Å². The van der Waals surface area contributed by atoms with Gasteiger partial charge in [-0.25, -0.2) is 4.98 Å². The molecule has 1 atom stereocenters. The van der Waals surface area contributed by atoms with Gasteiger partial charge in [0.25, 0.3) is 0 Å². The van der Waals surface area contributed by atoms with Crippen molar-refractivity contribution in [3.8, 4) is 11.6 Å². The molecule has 0 N–H and O–H groups in total. The third kappa shape index (κ3) is 3.57. The number of fused-ring (bicyclic) bond motifs is 2. The van der Waals surface area contributed by atoms with E-state index < -0.39 is 0 Å². The number of likely N-dealkylation sites (N-methyl/N-ethyl adjacent to an activating group) is 1. The zero-order valence-corrected chi connectivity index (χ0v) is 14.3. The van der Waals surface area contributed by atoms with Gasteiger partial charge in [-0.05, 0) is 44.3 Å². The van der Waals surface area contributed by atoms with Crippen LogP contribution in [-0.4, -0.2) is 43.1 Å². The second-order valence-corrected chi connectivity index (χ2v) is 6.31. The summed E-state index contributed by atoms with van der Waals surface area (Å²) in [6.45, 7) is 3.00. The standard InChI is InChI=1S/C19H22N2O3/c1-13(19(22)23-10-9-21(2)3)14-6-7-17-16(11-14)12-15-5-4-8-20-18(15)24-17/h4-8,11,13H,9-10,12H2,1-3H3. The summed E-state index contributed by atoms with van der Waals surface area (Å²) in [4.78, 5) is 18.4. The van der Waals surface area contributed by atoms with Crippen LogP contribution in [0.15, 0.2) is 36.5 Å². The molecule has 1 aliphatic heterocycles. The van der Waals surface area contributed by atoms with Gasteiger partial charge in [0, 0.05) is 24.7 Å². The van der Waals surface area contributed by atoms with Crippen molar-refractivity contribution in [2.75, 3.05) is 27.2 Å². The van der Waals surface area contributed by atoms with E-state index in [0.717, 1.165) is 35.4 Å². The van der Waals surface area contributed by atoms with E-state index in [4.69, 9.17) is 9.47 Å². The van der Waals surface area contributed by atoms with Gasteiger partial charge in [-0.3, -0.25) is 4.79 Å². The van der Waals surface area contributed by atoms with Crippen molar-refractivity contribution in [2.24, 2.45) is 0 Å². The van der Waals surface area contributed by atoms with Crippen molar-refractivity contribution in [3.63, 3.8) is 0 Å². The minimum Gasteiger partial charge on any atom is -0.464 e. The van der Waals surface area contributed by atoms with Crippen LogP contribution in [0, 0.1) is 0 Å². The molecule has 0 bridgehead atoms. The number of carbonyl (C=O) groups excluding carboxylic acids is 1. The molecule has 0 aliphatic carbocycles. The van der Waals surface area contributed by atoms with Gasteiger partial charge in [0.05, 0.1) is 5.92 Å². The fraction of sp³-hybridized carbons (Fsp3) is 0.368. The number of pyridine rings is 1. The molecule has 0 amide bonds. The zero-order valence-electron chi connectivity index (χ0n) is 14.3. The molecule has 0 saturated heterocycles. The largest absolute Gasteiger partial charge is 0.464 e. The third-order valence-corrected chi connectivity index (χ3v) is 4.16. The number of nitrogens with zero attached hydrogens (tertiary/aromatic N) is 2. The molecule has 1 aromatic carbocycles. The Morgan fingerprint density at radius 3 is 2.96 bits per heavy atom. The smallest absolute Gasteiger partial charge is 0.313 e. The lowest BCUT2D eigenvalue weighted by Crippen LogP contribution is -2.22. The van der Waals surface area contributed by atoms with Crippen LogP contribution in [0.5, 0.6) is 11.6 Å². The average molecular weight is 326 g/mol. The fourth-order valence-corrected chi connectivity index (χ4v) is 2.66. The first-order chi connectivity index (χ1) is 11.5. The van der Waals surface area contributed by atoms with E-state index in [1.54, 1.807) is 6.20 Å². The number of esters is 1. The normalized spacial score (nSPS) is 13.7. The molecule has 0 fully saturated rings. The first kappa shape index (κ1) is 16.5. The van der Waals surface area contributed by atoms with Crippen LogP contribution in [0.3, 0.4) is 0 Å². The van der Waals surface area contributed by atoms with Crippen molar-refractivity contribution in [2.45, 2.75) is 19.3 Å². The van der Waals surface area contributed by atoms with E-state index in [1.807, 2.05) is 56.3 Å². The second kappa shape index (κ2) is 7.01. The van der Waals surface area contributed by atoms with E-state index in [9.17, 15) is 4.79 Å². The maximum absolute atomic E-state index is 12.2. The first-order valence-electron chi connectivity index (χ1n) is 8.10. The average Bonchev–Trinajstić information content (AvgIpc) is 2.58. The molecule has 2 aromatic rings. The minimum absolute atomic E-state index is 0.199. The van der Waals surface area contributed by atoms with Gasteiger partial charge in [-0.15, -0.1) is 0 Å². The van der Waals surface area contributed by atoms with Crippen LogP contribution < -0.4 is 4.74 Å². The SMILES string of the molecule is CC(C(=O)OCCN(C)C)c1ccc2c(c1)Cc1cccnc1O2. The third-order valence-electron chi connectivity index (χ3n) is 4.16. The molecular weight excluding hydrogens is 304 g/mol. The van der Waals surface area contributed by atoms with Gasteiger partial charge in [0.1, 0.15) is 12.4 Å². The molecule has 24 heavy (non-hydrogen) atoms.